The molecule has 90 valence electrons. The summed E-state index contributed by atoms with van der Waals surface area (Å²) in [6.45, 7) is 5.34. The third-order valence-corrected chi connectivity index (χ3v) is 2.99. The molecule has 0 aromatic heterocycles. The average molecular weight is 227 g/mol. The van der Waals surface area contributed by atoms with Crippen LogP contribution < -0.4 is 0 Å². The van der Waals surface area contributed by atoms with E-state index in [-0.39, 0.29) is 6.04 Å². The predicted molar refractivity (Wildman–Crippen MR) is 56.0 cm³/mol. The third kappa shape index (κ3) is 1.99. The fourth-order valence-electron chi connectivity index (χ4n) is 2.25. The van der Waals surface area contributed by atoms with Gasteiger partial charge < -0.3 is 9.84 Å². The van der Waals surface area contributed by atoms with Crippen LogP contribution in [0.2, 0.25) is 0 Å². The Hall–Kier alpha value is -1.26. The number of likely N-dealkylation sites (tertiary alicyclic amines) is 1. The van der Waals surface area contributed by atoms with Crippen LogP contribution >= 0.6 is 0 Å². The number of amides is 1. The van der Waals surface area contributed by atoms with Crippen LogP contribution in [0.3, 0.4) is 0 Å². The molecule has 1 saturated heterocycles. The van der Waals surface area contributed by atoms with Gasteiger partial charge in [-0.2, -0.15) is 0 Å². The first kappa shape index (κ1) is 11.2. The zero-order valence-corrected chi connectivity index (χ0v) is 9.77. The molecule has 5 nitrogen and oxygen atoms in total. The minimum Gasteiger partial charge on any atom is -0.480 e. The van der Waals surface area contributed by atoms with Crippen molar-refractivity contribution in [1.82, 2.24) is 4.90 Å². The van der Waals surface area contributed by atoms with E-state index in [0.29, 0.717) is 12.3 Å². The zero-order valence-electron chi connectivity index (χ0n) is 9.77. The average Bonchev–Trinajstić information content (AvgIpc) is 2.73. The Kier molecular flexibility index (Phi) is 2.36. The van der Waals surface area contributed by atoms with Gasteiger partial charge in [0.15, 0.2) is 0 Å². The summed E-state index contributed by atoms with van der Waals surface area (Å²) < 4.78 is 5.22. The largest absolute Gasteiger partial charge is 0.480 e. The monoisotopic (exact) mass is 227 g/mol. The Balaban J connectivity index is 2.07. The van der Waals surface area contributed by atoms with Gasteiger partial charge in [-0.25, -0.2) is 9.59 Å². The molecule has 1 heterocycles. The summed E-state index contributed by atoms with van der Waals surface area (Å²) in [5, 5.41) is 9.02. The minimum absolute atomic E-state index is 0.0935. The molecule has 0 radical (unpaired) electrons. The Morgan fingerprint density at radius 3 is 2.44 bits per heavy atom. The number of hydrogen-bond acceptors (Lipinski definition) is 3. The molecule has 1 unspecified atom stereocenters. The highest BCUT2D eigenvalue weighted by Gasteiger charge is 2.57. The number of nitrogens with zero attached hydrogens (tertiary/aromatic N) is 1. The van der Waals surface area contributed by atoms with Crippen molar-refractivity contribution in [2.75, 3.05) is 0 Å². The number of rotatable bonds is 1. The third-order valence-electron chi connectivity index (χ3n) is 2.99. The lowest BCUT2D eigenvalue weighted by Gasteiger charge is -2.28. The summed E-state index contributed by atoms with van der Waals surface area (Å²) >= 11 is 0. The summed E-state index contributed by atoms with van der Waals surface area (Å²) in [6.07, 6.45) is 0.993. The first-order valence-corrected chi connectivity index (χ1v) is 5.54. The molecule has 3 atom stereocenters. The Morgan fingerprint density at radius 2 is 1.94 bits per heavy atom. The standard InChI is InChI=1S/C11H17NO4/c1-11(2,3)16-10(15)12-7-4-6(7)5-8(12)9(13)14/h6-8H,4-5H2,1-3H3,(H,13,14)/t6?,7-,8+/m1/s1. The molecule has 2 rings (SSSR count). The molecule has 2 fully saturated rings. The molecule has 1 saturated carbocycles. The van der Waals surface area contributed by atoms with Crippen molar-refractivity contribution in [2.24, 2.45) is 5.92 Å². The SMILES string of the molecule is CC(C)(C)OC(=O)N1[C@@H]2CC2C[C@H]1C(=O)O. The van der Waals surface area contributed by atoms with Crippen LogP contribution in [0.5, 0.6) is 0 Å². The van der Waals surface area contributed by atoms with E-state index in [4.69, 9.17) is 9.84 Å². The van der Waals surface area contributed by atoms with Gasteiger partial charge in [-0.05, 0) is 39.5 Å². The Labute approximate surface area is 94.4 Å². The normalized spacial score (nSPS) is 32.2. The van der Waals surface area contributed by atoms with Crippen molar-refractivity contribution in [2.45, 2.75) is 51.3 Å². The van der Waals surface area contributed by atoms with Crippen LogP contribution in [0.25, 0.3) is 0 Å². The van der Waals surface area contributed by atoms with E-state index >= 15 is 0 Å². The molecular weight excluding hydrogens is 210 g/mol. The maximum Gasteiger partial charge on any atom is 0.411 e. The van der Waals surface area contributed by atoms with E-state index in [0.717, 1.165) is 6.42 Å². The molecule has 16 heavy (non-hydrogen) atoms. The number of hydrogen-bond donors (Lipinski definition) is 1. The van der Waals surface area contributed by atoms with E-state index in [9.17, 15) is 9.59 Å². The Morgan fingerprint density at radius 1 is 1.31 bits per heavy atom. The predicted octanol–water partition coefficient (Wildman–Crippen LogP) is 1.47. The number of ether oxygens (including phenoxy) is 1. The first-order valence-electron chi connectivity index (χ1n) is 5.54. The highest BCUT2D eigenvalue weighted by molar-refractivity contribution is 5.82. The van der Waals surface area contributed by atoms with Gasteiger partial charge in [0.1, 0.15) is 11.6 Å². The smallest absolute Gasteiger partial charge is 0.411 e. The van der Waals surface area contributed by atoms with Gasteiger partial charge in [-0.1, -0.05) is 0 Å². The fourth-order valence-corrected chi connectivity index (χ4v) is 2.25. The van der Waals surface area contributed by atoms with E-state index in [2.05, 4.69) is 0 Å². The quantitative estimate of drug-likeness (QED) is 0.736. The first-order chi connectivity index (χ1) is 7.29. The summed E-state index contributed by atoms with van der Waals surface area (Å²) in [5.74, 6) is -0.563. The van der Waals surface area contributed by atoms with E-state index in [1.54, 1.807) is 20.8 Å². The second-order valence-corrected chi connectivity index (χ2v) is 5.54. The van der Waals surface area contributed by atoms with Crippen LogP contribution in [0, 0.1) is 5.92 Å². The lowest BCUT2D eigenvalue weighted by molar-refractivity contribution is -0.142. The topological polar surface area (TPSA) is 66.8 Å². The number of carbonyl (C=O) groups excluding carboxylic acids is 1. The van der Waals surface area contributed by atoms with Gasteiger partial charge in [-0.15, -0.1) is 0 Å². The van der Waals surface area contributed by atoms with Crippen molar-refractivity contribution in [1.29, 1.82) is 0 Å². The lowest BCUT2D eigenvalue weighted by Crippen LogP contribution is -2.45. The van der Waals surface area contributed by atoms with Crippen LogP contribution in [0.1, 0.15) is 33.6 Å². The van der Waals surface area contributed by atoms with Crippen LogP contribution in [0.15, 0.2) is 0 Å². The van der Waals surface area contributed by atoms with Crippen molar-refractivity contribution >= 4 is 12.1 Å². The number of fused-ring (bicyclic) bond motifs is 1. The number of aliphatic carboxylic acids is 1. The van der Waals surface area contributed by atoms with Crippen molar-refractivity contribution < 1.29 is 19.4 Å². The molecule has 2 aliphatic rings. The maximum absolute atomic E-state index is 11.9. The molecule has 0 aromatic carbocycles. The second kappa shape index (κ2) is 3.37. The maximum atomic E-state index is 11.9. The van der Waals surface area contributed by atoms with Crippen molar-refractivity contribution in [3.8, 4) is 0 Å². The second-order valence-electron chi connectivity index (χ2n) is 5.54. The van der Waals surface area contributed by atoms with E-state index in [1.807, 2.05) is 0 Å². The van der Waals surface area contributed by atoms with Crippen LogP contribution in [-0.2, 0) is 9.53 Å². The highest BCUT2D eigenvalue weighted by Crippen LogP contribution is 2.48. The van der Waals surface area contributed by atoms with Gasteiger partial charge >= 0.3 is 12.1 Å². The van der Waals surface area contributed by atoms with Gasteiger partial charge in [-0.3, -0.25) is 4.90 Å². The van der Waals surface area contributed by atoms with E-state index < -0.39 is 23.7 Å². The number of piperidine rings is 1. The molecule has 1 N–H and O–H groups in total. The van der Waals surface area contributed by atoms with Crippen LogP contribution in [0.4, 0.5) is 4.79 Å². The number of carboxylic acids is 1. The molecular formula is C11H17NO4. The van der Waals surface area contributed by atoms with Crippen LogP contribution in [-0.4, -0.2) is 39.8 Å². The summed E-state index contributed by atoms with van der Waals surface area (Å²) in [6, 6.07) is -0.602. The van der Waals surface area contributed by atoms with Crippen molar-refractivity contribution in [3.63, 3.8) is 0 Å². The lowest BCUT2D eigenvalue weighted by atomic mass is 10.2. The van der Waals surface area contributed by atoms with Gasteiger partial charge in [0.05, 0.1) is 0 Å². The van der Waals surface area contributed by atoms with Crippen molar-refractivity contribution in [3.05, 3.63) is 0 Å². The van der Waals surface area contributed by atoms with Gasteiger partial charge in [0.25, 0.3) is 0 Å². The molecule has 1 amide bonds. The van der Waals surface area contributed by atoms with Gasteiger partial charge in [0, 0.05) is 6.04 Å². The molecule has 5 heteroatoms. The fraction of sp³-hybridized carbons (Fsp3) is 0.818. The summed E-state index contributed by atoms with van der Waals surface area (Å²) in [4.78, 5) is 24.3. The Bertz CT molecular complexity index is 333. The van der Waals surface area contributed by atoms with E-state index in [1.165, 1.54) is 4.90 Å². The zero-order chi connectivity index (χ0) is 12.1. The summed E-state index contributed by atoms with van der Waals surface area (Å²) in [7, 11) is 0. The minimum atomic E-state index is -0.932. The molecule has 0 bridgehead atoms. The highest BCUT2D eigenvalue weighted by atomic mass is 16.6. The van der Waals surface area contributed by atoms with Gasteiger partial charge in [0.2, 0.25) is 0 Å². The number of carbonyl (C=O) groups is 2. The molecule has 1 aliphatic heterocycles. The summed E-state index contributed by atoms with van der Waals surface area (Å²) in [5.41, 5.74) is -0.576. The molecule has 0 aromatic rings. The number of carboxylic acid groups (broad SMARTS) is 1. The molecule has 0 spiro atoms. The molecule has 1 aliphatic carbocycles.